The number of hydrogen-bond donors (Lipinski definition) is 1. The molecule has 0 spiro atoms. The van der Waals surface area contributed by atoms with Crippen molar-refractivity contribution in [1.29, 1.82) is 0 Å². The predicted octanol–water partition coefficient (Wildman–Crippen LogP) is 4.49. The Balaban J connectivity index is 1.80. The average molecular weight is 314 g/mol. The molecule has 0 aliphatic heterocycles. The molecule has 0 bridgehead atoms. The van der Waals surface area contributed by atoms with Crippen LogP contribution in [0.5, 0.6) is 0 Å². The summed E-state index contributed by atoms with van der Waals surface area (Å²) in [6.07, 6.45) is 5.13. The molecule has 0 heterocycles. The maximum atomic E-state index is 11.9. The van der Waals surface area contributed by atoms with E-state index < -0.39 is 0 Å². The van der Waals surface area contributed by atoms with Crippen LogP contribution in [0.1, 0.15) is 24.5 Å². The van der Waals surface area contributed by atoms with Crippen LogP contribution < -0.4 is 5.32 Å². The van der Waals surface area contributed by atoms with E-state index in [9.17, 15) is 4.79 Å². The second kappa shape index (κ2) is 8.40. The molecule has 2 rings (SSSR count). The number of carbonyl (C=O) groups excluding carboxylic acids is 1. The Hall–Kier alpha value is -2.06. The van der Waals surface area contributed by atoms with E-state index >= 15 is 0 Å². The second-order valence-corrected chi connectivity index (χ2v) is 5.70. The number of amides is 1. The third-order valence-corrected chi connectivity index (χ3v) is 3.76. The van der Waals surface area contributed by atoms with Gasteiger partial charge in [-0.1, -0.05) is 60.1 Å². The van der Waals surface area contributed by atoms with E-state index in [1.807, 2.05) is 49.4 Å². The fourth-order valence-corrected chi connectivity index (χ4v) is 2.37. The molecule has 0 fully saturated rings. The van der Waals surface area contributed by atoms with Gasteiger partial charge >= 0.3 is 0 Å². The number of aryl methyl sites for hydroxylation is 1. The van der Waals surface area contributed by atoms with Crippen molar-refractivity contribution in [2.45, 2.75) is 25.8 Å². The molecule has 1 atom stereocenters. The molecule has 114 valence electrons. The standard InChI is InChI=1S/C19H20ClNO/c1-15(11-12-16-7-3-2-4-8-16)21-19(22)14-13-17-9-5-6-10-18(17)20/h2-10,13-15H,11-12H2,1H3,(H,21,22). The molecule has 3 heteroatoms. The van der Waals surface area contributed by atoms with Gasteiger partial charge in [-0.2, -0.15) is 0 Å². The monoisotopic (exact) mass is 313 g/mol. The maximum absolute atomic E-state index is 11.9. The van der Waals surface area contributed by atoms with Gasteiger partial charge in [0.05, 0.1) is 0 Å². The Morgan fingerprint density at radius 2 is 1.82 bits per heavy atom. The van der Waals surface area contributed by atoms with Crippen LogP contribution in [0.3, 0.4) is 0 Å². The minimum absolute atomic E-state index is 0.0968. The molecule has 0 saturated heterocycles. The molecule has 0 aliphatic rings. The number of hydrogen-bond acceptors (Lipinski definition) is 1. The van der Waals surface area contributed by atoms with Crippen LogP contribution in [-0.4, -0.2) is 11.9 Å². The molecule has 1 N–H and O–H groups in total. The summed E-state index contributed by atoms with van der Waals surface area (Å²) in [5.41, 5.74) is 2.13. The number of carbonyl (C=O) groups is 1. The quantitative estimate of drug-likeness (QED) is 0.782. The largest absolute Gasteiger partial charge is 0.350 e. The smallest absolute Gasteiger partial charge is 0.244 e. The third-order valence-electron chi connectivity index (χ3n) is 3.42. The summed E-state index contributed by atoms with van der Waals surface area (Å²) in [4.78, 5) is 11.9. The normalized spacial score (nSPS) is 12.3. The van der Waals surface area contributed by atoms with Gasteiger partial charge in [0.1, 0.15) is 0 Å². The van der Waals surface area contributed by atoms with Crippen LogP contribution in [0, 0.1) is 0 Å². The molecule has 0 aromatic heterocycles. The lowest BCUT2D eigenvalue weighted by molar-refractivity contribution is -0.117. The highest BCUT2D eigenvalue weighted by atomic mass is 35.5. The predicted molar refractivity (Wildman–Crippen MR) is 92.9 cm³/mol. The molecule has 22 heavy (non-hydrogen) atoms. The Morgan fingerprint density at radius 3 is 2.55 bits per heavy atom. The first-order valence-electron chi connectivity index (χ1n) is 7.42. The third kappa shape index (κ3) is 5.38. The summed E-state index contributed by atoms with van der Waals surface area (Å²) in [7, 11) is 0. The van der Waals surface area contributed by atoms with Crippen molar-refractivity contribution in [3.8, 4) is 0 Å². The molecule has 0 radical (unpaired) electrons. The first-order valence-corrected chi connectivity index (χ1v) is 7.80. The molecule has 1 unspecified atom stereocenters. The Morgan fingerprint density at radius 1 is 1.14 bits per heavy atom. The molecular weight excluding hydrogens is 294 g/mol. The van der Waals surface area contributed by atoms with Crippen molar-refractivity contribution < 1.29 is 4.79 Å². The Labute approximate surface area is 136 Å². The Kier molecular flexibility index (Phi) is 6.23. The molecule has 2 nitrogen and oxygen atoms in total. The minimum atomic E-state index is -0.0968. The highest BCUT2D eigenvalue weighted by Gasteiger charge is 2.05. The fourth-order valence-electron chi connectivity index (χ4n) is 2.17. The number of halogens is 1. The van der Waals surface area contributed by atoms with Crippen molar-refractivity contribution in [3.63, 3.8) is 0 Å². The van der Waals surface area contributed by atoms with Gasteiger partial charge in [-0.05, 0) is 43.0 Å². The van der Waals surface area contributed by atoms with E-state index in [2.05, 4.69) is 17.4 Å². The highest BCUT2D eigenvalue weighted by Crippen LogP contribution is 2.16. The lowest BCUT2D eigenvalue weighted by Crippen LogP contribution is -2.31. The number of benzene rings is 2. The number of rotatable bonds is 6. The zero-order valence-electron chi connectivity index (χ0n) is 12.6. The lowest BCUT2D eigenvalue weighted by Gasteiger charge is -2.12. The molecular formula is C19H20ClNO. The van der Waals surface area contributed by atoms with E-state index in [0.29, 0.717) is 5.02 Å². The van der Waals surface area contributed by atoms with Crippen molar-refractivity contribution >= 4 is 23.6 Å². The first-order chi connectivity index (χ1) is 10.6. The van der Waals surface area contributed by atoms with Gasteiger partial charge in [0.15, 0.2) is 0 Å². The Bertz CT molecular complexity index is 637. The van der Waals surface area contributed by atoms with Crippen molar-refractivity contribution in [2.24, 2.45) is 0 Å². The molecule has 0 saturated carbocycles. The van der Waals surface area contributed by atoms with Crippen LogP contribution in [0.2, 0.25) is 5.02 Å². The van der Waals surface area contributed by atoms with Gasteiger partial charge in [-0.3, -0.25) is 4.79 Å². The van der Waals surface area contributed by atoms with Crippen LogP contribution >= 0.6 is 11.6 Å². The lowest BCUT2D eigenvalue weighted by atomic mass is 10.1. The first kappa shape index (κ1) is 16.3. The van der Waals surface area contributed by atoms with Gasteiger partial charge in [0.25, 0.3) is 0 Å². The average Bonchev–Trinajstić information content (AvgIpc) is 2.53. The van der Waals surface area contributed by atoms with Crippen molar-refractivity contribution in [1.82, 2.24) is 5.32 Å². The fraction of sp³-hybridized carbons (Fsp3) is 0.211. The van der Waals surface area contributed by atoms with E-state index in [1.54, 1.807) is 6.08 Å². The molecule has 2 aromatic carbocycles. The second-order valence-electron chi connectivity index (χ2n) is 5.29. The highest BCUT2D eigenvalue weighted by molar-refractivity contribution is 6.32. The van der Waals surface area contributed by atoms with E-state index in [0.717, 1.165) is 18.4 Å². The van der Waals surface area contributed by atoms with Crippen molar-refractivity contribution in [2.75, 3.05) is 0 Å². The van der Waals surface area contributed by atoms with Crippen LogP contribution in [-0.2, 0) is 11.2 Å². The van der Waals surface area contributed by atoms with Crippen molar-refractivity contribution in [3.05, 3.63) is 76.8 Å². The number of nitrogens with one attached hydrogen (secondary N) is 1. The minimum Gasteiger partial charge on any atom is -0.350 e. The summed E-state index contributed by atoms with van der Waals surface area (Å²) in [5.74, 6) is -0.0968. The van der Waals surface area contributed by atoms with Crippen LogP contribution in [0.4, 0.5) is 0 Å². The topological polar surface area (TPSA) is 29.1 Å². The molecule has 2 aromatic rings. The molecule has 1 amide bonds. The maximum Gasteiger partial charge on any atom is 0.244 e. The van der Waals surface area contributed by atoms with E-state index in [-0.39, 0.29) is 11.9 Å². The molecule has 0 aliphatic carbocycles. The van der Waals surface area contributed by atoms with Gasteiger partial charge in [0.2, 0.25) is 5.91 Å². The van der Waals surface area contributed by atoms with Gasteiger partial charge in [-0.25, -0.2) is 0 Å². The summed E-state index contributed by atoms with van der Waals surface area (Å²) in [6.45, 7) is 2.02. The van der Waals surface area contributed by atoms with Gasteiger partial charge in [0, 0.05) is 17.1 Å². The van der Waals surface area contributed by atoms with E-state index in [4.69, 9.17) is 11.6 Å². The van der Waals surface area contributed by atoms with Crippen LogP contribution in [0.25, 0.3) is 6.08 Å². The van der Waals surface area contributed by atoms with E-state index in [1.165, 1.54) is 11.6 Å². The summed E-state index contributed by atoms with van der Waals surface area (Å²) >= 11 is 6.05. The van der Waals surface area contributed by atoms with Gasteiger partial charge in [-0.15, -0.1) is 0 Å². The van der Waals surface area contributed by atoms with Crippen LogP contribution in [0.15, 0.2) is 60.7 Å². The van der Waals surface area contributed by atoms with Gasteiger partial charge < -0.3 is 5.32 Å². The SMILES string of the molecule is CC(CCc1ccccc1)NC(=O)C=Cc1ccccc1Cl. The summed E-state index contributed by atoms with van der Waals surface area (Å²) in [5, 5.41) is 3.61. The summed E-state index contributed by atoms with van der Waals surface area (Å²) in [6, 6.07) is 17.9. The zero-order valence-corrected chi connectivity index (χ0v) is 13.4. The zero-order chi connectivity index (χ0) is 15.8. The summed E-state index contributed by atoms with van der Waals surface area (Å²) < 4.78 is 0.